The van der Waals surface area contributed by atoms with Gasteiger partial charge in [0.05, 0.1) is 12.7 Å². The van der Waals surface area contributed by atoms with Crippen LogP contribution < -0.4 is 5.32 Å². The van der Waals surface area contributed by atoms with Crippen molar-refractivity contribution in [3.05, 3.63) is 0 Å². The van der Waals surface area contributed by atoms with E-state index in [-0.39, 0.29) is 24.8 Å². The van der Waals surface area contributed by atoms with E-state index in [1.54, 1.807) is 0 Å². The number of rotatable bonds is 7. The van der Waals surface area contributed by atoms with Crippen LogP contribution in [-0.4, -0.2) is 74.2 Å². The van der Waals surface area contributed by atoms with E-state index >= 15 is 0 Å². The van der Waals surface area contributed by atoms with Gasteiger partial charge in [-0.15, -0.1) is 24.8 Å². The lowest BCUT2D eigenvalue weighted by Crippen LogP contribution is -2.41. The molecule has 0 bridgehead atoms. The quantitative estimate of drug-likeness (QED) is 0.718. The molecule has 5 nitrogen and oxygen atoms in total. The molecule has 3 aliphatic rings. The average Bonchev–Trinajstić information content (AvgIpc) is 3.27. The maximum absolute atomic E-state index is 12.3. The van der Waals surface area contributed by atoms with Crippen LogP contribution in [0.3, 0.4) is 0 Å². The van der Waals surface area contributed by atoms with Crippen molar-refractivity contribution in [2.24, 2.45) is 5.92 Å². The zero-order valence-corrected chi connectivity index (χ0v) is 16.9. The normalized spacial score (nSPS) is 24.8. The fourth-order valence-corrected chi connectivity index (χ4v) is 4.07. The van der Waals surface area contributed by atoms with Crippen molar-refractivity contribution in [3.8, 4) is 0 Å². The molecule has 1 amide bonds. The van der Waals surface area contributed by atoms with Crippen LogP contribution in [0.2, 0.25) is 0 Å². The van der Waals surface area contributed by atoms with Crippen LogP contribution in [0.1, 0.15) is 44.9 Å². The van der Waals surface area contributed by atoms with Gasteiger partial charge >= 0.3 is 0 Å². The van der Waals surface area contributed by atoms with E-state index in [4.69, 9.17) is 4.74 Å². The lowest BCUT2D eigenvalue weighted by Gasteiger charge is -2.32. The Morgan fingerprint density at radius 2 is 1.76 bits per heavy atom. The Kier molecular flexibility index (Phi) is 11.3. The molecule has 0 aromatic rings. The third kappa shape index (κ3) is 7.59. The molecular formula is C18H35Cl2N3O2. The summed E-state index contributed by atoms with van der Waals surface area (Å²) in [6, 6.07) is 0. The largest absolute Gasteiger partial charge is 0.377 e. The minimum atomic E-state index is 0. The lowest BCUT2D eigenvalue weighted by atomic mass is 10.0. The monoisotopic (exact) mass is 395 g/mol. The number of nitrogens with one attached hydrogen (secondary N) is 1. The predicted octanol–water partition coefficient (Wildman–Crippen LogP) is 2.32. The summed E-state index contributed by atoms with van der Waals surface area (Å²) in [6.45, 7) is 8.41. The smallest absolute Gasteiger partial charge is 0.222 e. The van der Waals surface area contributed by atoms with E-state index in [0.717, 1.165) is 65.0 Å². The highest BCUT2D eigenvalue weighted by molar-refractivity contribution is 5.85. The Balaban J connectivity index is 0.00000156. The molecule has 1 unspecified atom stereocenters. The summed E-state index contributed by atoms with van der Waals surface area (Å²) in [7, 11) is 0. The highest BCUT2D eigenvalue weighted by Crippen LogP contribution is 2.18. The van der Waals surface area contributed by atoms with Crippen molar-refractivity contribution in [3.63, 3.8) is 0 Å². The molecule has 0 aromatic carbocycles. The van der Waals surface area contributed by atoms with Crippen LogP contribution in [0.5, 0.6) is 0 Å². The summed E-state index contributed by atoms with van der Waals surface area (Å²) in [6.07, 6.45) is 8.09. The molecule has 3 fully saturated rings. The molecule has 0 aliphatic carbocycles. The molecule has 0 radical (unpaired) electrons. The predicted molar refractivity (Wildman–Crippen MR) is 106 cm³/mol. The van der Waals surface area contributed by atoms with Crippen LogP contribution in [0.25, 0.3) is 0 Å². The fraction of sp³-hybridized carbons (Fsp3) is 0.944. The fourth-order valence-electron chi connectivity index (χ4n) is 4.07. The van der Waals surface area contributed by atoms with Crippen molar-refractivity contribution in [1.82, 2.24) is 15.1 Å². The summed E-state index contributed by atoms with van der Waals surface area (Å²) in [5.74, 6) is 1.07. The molecule has 3 saturated heterocycles. The molecule has 7 heteroatoms. The van der Waals surface area contributed by atoms with Gasteiger partial charge in [0.2, 0.25) is 5.91 Å². The van der Waals surface area contributed by atoms with Gasteiger partial charge in [0.25, 0.3) is 0 Å². The first-order valence-electron chi connectivity index (χ1n) is 9.64. The average molecular weight is 396 g/mol. The number of likely N-dealkylation sites (tertiary alicyclic amines) is 2. The van der Waals surface area contributed by atoms with Gasteiger partial charge in [-0.3, -0.25) is 4.79 Å². The number of ether oxygens (including phenoxy) is 1. The number of hydrogen-bond donors (Lipinski definition) is 1. The Hall–Kier alpha value is -0.0700. The van der Waals surface area contributed by atoms with Crippen molar-refractivity contribution >= 4 is 30.7 Å². The number of hydrogen-bond acceptors (Lipinski definition) is 4. The van der Waals surface area contributed by atoms with Crippen LogP contribution in [0.15, 0.2) is 0 Å². The first-order valence-corrected chi connectivity index (χ1v) is 9.64. The number of piperidine rings is 1. The minimum absolute atomic E-state index is 0. The zero-order chi connectivity index (χ0) is 15.9. The molecule has 1 atom stereocenters. The van der Waals surface area contributed by atoms with E-state index in [0.29, 0.717) is 17.9 Å². The number of nitrogens with zero attached hydrogens (tertiary/aromatic N) is 2. The molecule has 3 heterocycles. The van der Waals surface area contributed by atoms with Crippen molar-refractivity contribution in [2.45, 2.75) is 51.0 Å². The van der Waals surface area contributed by atoms with Gasteiger partial charge in [-0.25, -0.2) is 0 Å². The van der Waals surface area contributed by atoms with Crippen LogP contribution >= 0.6 is 24.8 Å². The third-order valence-electron chi connectivity index (χ3n) is 5.68. The number of amides is 1. The topological polar surface area (TPSA) is 44.8 Å². The standard InChI is InChI=1S/C18H33N3O2.2ClH/c22-18(4-3-16-5-8-19-15-16)21-11-6-17(7-12-21)23-14-13-20-9-1-2-10-20;;/h16-17,19H,1-15H2;2*1H. The van der Waals surface area contributed by atoms with Gasteiger partial charge in [-0.1, -0.05) is 0 Å². The first-order chi connectivity index (χ1) is 11.3. The number of halogens is 2. The molecule has 148 valence electrons. The van der Waals surface area contributed by atoms with Crippen molar-refractivity contribution in [2.75, 3.05) is 52.4 Å². The molecule has 0 saturated carbocycles. The summed E-state index contributed by atoms with van der Waals surface area (Å²) in [5, 5.41) is 3.38. The van der Waals surface area contributed by atoms with Gasteiger partial charge in [-0.05, 0) is 70.6 Å². The number of carbonyl (C=O) groups excluding carboxylic acids is 1. The zero-order valence-electron chi connectivity index (χ0n) is 15.3. The molecule has 1 N–H and O–H groups in total. The Morgan fingerprint density at radius 3 is 2.40 bits per heavy atom. The van der Waals surface area contributed by atoms with E-state index < -0.39 is 0 Å². The van der Waals surface area contributed by atoms with Gasteiger partial charge in [-0.2, -0.15) is 0 Å². The molecule has 3 aliphatic heterocycles. The Bertz CT molecular complexity index is 367. The van der Waals surface area contributed by atoms with Crippen LogP contribution in [0, 0.1) is 5.92 Å². The van der Waals surface area contributed by atoms with Crippen LogP contribution in [-0.2, 0) is 9.53 Å². The maximum atomic E-state index is 12.3. The molecule has 3 rings (SSSR count). The Labute approximate surface area is 165 Å². The second kappa shape index (κ2) is 12.3. The molecule has 0 spiro atoms. The second-order valence-electron chi connectivity index (χ2n) is 7.40. The third-order valence-corrected chi connectivity index (χ3v) is 5.68. The van der Waals surface area contributed by atoms with Crippen molar-refractivity contribution < 1.29 is 9.53 Å². The summed E-state index contributed by atoms with van der Waals surface area (Å²) >= 11 is 0. The van der Waals surface area contributed by atoms with E-state index in [1.807, 2.05) is 0 Å². The van der Waals surface area contributed by atoms with Gasteiger partial charge in [0, 0.05) is 26.1 Å². The second-order valence-corrected chi connectivity index (χ2v) is 7.40. The lowest BCUT2D eigenvalue weighted by molar-refractivity contribution is -0.134. The van der Waals surface area contributed by atoms with Gasteiger partial charge < -0.3 is 19.9 Å². The van der Waals surface area contributed by atoms with E-state index in [2.05, 4.69) is 15.1 Å². The van der Waals surface area contributed by atoms with Crippen LogP contribution in [0.4, 0.5) is 0 Å². The molecular weight excluding hydrogens is 361 g/mol. The molecule has 25 heavy (non-hydrogen) atoms. The van der Waals surface area contributed by atoms with E-state index in [1.165, 1.54) is 32.4 Å². The Morgan fingerprint density at radius 1 is 1.04 bits per heavy atom. The summed E-state index contributed by atoms with van der Waals surface area (Å²) < 4.78 is 6.03. The van der Waals surface area contributed by atoms with E-state index in [9.17, 15) is 4.79 Å². The summed E-state index contributed by atoms with van der Waals surface area (Å²) in [4.78, 5) is 16.9. The summed E-state index contributed by atoms with van der Waals surface area (Å²) in [5.41, 5.74) is 0. The first kappa shape index (κ1) is 23.0. The van der Waals surface area contributed by atoms with Gasteiger partial charge in [0.1, 0.15) is 0 Å². The number of carbonyl (C=O) groups is 1. The highest BCUT2D eigenvalue weighted by Gasteiger charge is 2.24. The maximum Gasteiger partial charge on any atom is 0.222 e. The van der Waals surface area contributed by atoms with Crippen molar-refractivity contribution in [1.29, 1.82) is 0 Å². The molecule has 0 aromatic heterocycles. The minimum Gasteiger partial charge on any atom is -0.377 e. The van der Waals surface area contributed by atoms with Gasteiger partial charge in [0.15, 0.2) is 0 Å². The highest BCUT2D eigenvalue weighted by atomic mass is 35.5. The SMILES string of the molecule is Cl.Cl.O=C(CCC1CCNC1)N1CCC(OCCN2CCCC2)CC1.